The smallest absolute Gasteiger partial charge is 0.192 e. The highest BCUT2D eigenvalue weighted by Gasteiger charge is 2.33. The molecule has 1 aliphatic rings. The molecule has 0 saturated heterocycles. The number of nitrogens with zero attached hydrogens (tertiary/aromatic N) is 2. The molecule has 0 aliphatic heterocycles. The van der Waals surface area contributed by atoms with Crippen LogP contribution >= 0.6 is 11.6 Å². The van der Waals surface area contributed by atoms with Crippen molar-refractivity contribution in [2.75, 3.05) is 0 Å². The van der Waals surface area contributed by atoms with Gasteiger partial charge in [-0.05, 0) is 31.4 Å². The number of benzene rings is 1. The van der Waals surface area contributed by atoms with E-state index in [1.807, 2.05) is 26.0 Å². The topological polar surface area (TPSA) is 89.3 Å². The van der Waals surface area contributed by atoms with E-state index in [2.05, 4.69) is 34.9 Å². The fraction of sp³-hybridized carbons (Fsp3) is 0.429. The van der Waals surface area contributed by atoms with Gasteiger partial charge in [0.2, 0.25) is 0 Å². The lowest BCUT2D eigenvalue weighted by molar-refractivity contribution is 0.388. The van der Waals surface area contributed by atoms with Crippen molar-refractivity contribution >= 4 is 34.2 Å². The normalized spacial score (nSPS) is 15.1. The molecule has 3 rings (SSSR count). The lowest BCUT2D eigenvalue weighted by Crippen LogP contribution is -2.42. The van der Waals surface area contributed by atoms with Crippen LogP contribution in [-0.2, 0) is 6.54 Å². The molecular weight excluding hydrogens is 358 g/mol. The van der Waals surface area contributed by atoms with E-state index in [4.69, 9.17) is 23.1 Å². The fourth-order valence-corrected chi connectivity index (χ4v) is 3.78. The molecule has 5 nitrogen and oxygen atoms in total. The first kappa shape index (κ1) is 21.2. The number of fused-ring (bicyclic) bond motifs is 1. The predicted molar refractivity (Wildman–Crippen MR) is 116 cm³/mol. The quantitative estimate of drug-likeness (QED) is 0.390. The van der Waals surface area contributed by atoms with Gasteiger partial charge in [0.25, 0.3) is 0 Å². The molecule has 5 N–H and O–H groups in total. The third-order valence-electron chi connectivity index (χ3n) is 5.02. The van der Waals surface area contributed by atoms with E-state index in [1.54, 1.807) is 6.20 Å². The molecule has 146 valence electrons. The van der Waals surface area contributed by atoms with Crippen molar-refractivity contribution in [3.8, 4) is 0 Å². The number of guanidine groups is 1. The summed E-state index contributed by atoms with van der Waals surface area (Å²) in [6, 6.07) is 6.11. The molecule has 0 unspecified atom stereocenters. The van der Waals surface area contributed by atoms with Gasteiger partial charge in [0.15, 0.2) is 11.8 Å². The van der Waals surface area contributed by atoms with Crippen LogP contribution in [0.5, 0.6) is 0 Å². The Morgan fingerprint density at radius 3 is 2.52 bits per heavy atom. The first-order valence-corrected chi connectivity index (χ1v) is 9.87. The van der Waals surface area contributed by atoms with Crippen molar-refractivity contribution in [3.63, 3.8) is 0 Å². The maximum atomic E-state index is 6.26. The van der Waals surface area contributed by atoms with Crippen LogP contribution in [0.1, 0.15) is 52.0 Å². The average Bonchev–Trinajstić information content (AvgIpc) is 3.14. The zero-order valence-electron chi connectivity index (χ0n) is 16.5. The fourth-order valence-electron chi connectivity index (χ4n) is 3.57. The second kappa shape index (κ2) is 9.20. The van der Waals surface area contributed by atoms with Crippen LogP contribution in [0, 0.1) is 0 Å². The number of nitrogens with two attached hydrogens (primary N) is 2. The summed E-state index contributed by atoms with van der Waals surface area (Å²) in [7, 11) is 0. The molecule has 1 aromatic heterocycles. The van der Waals surface area contributed by atoms with E-state index in [0.717, 1.165) is 35.7 Å². The lowest BCUT2D eigenvalue weighted by atomic mass is 9.89. The molecule has 0 spiro atoms. The molecule has 0 amide bonds. The minimum atomic E-state index is -0.0214. The molecule has 1 heterocycles. The van der Waals surface area contributed by atoms with Crippen molar-refractivity contribution in [2.24, 2.45) is 16.5 Å². The summed E-state index contributed by atoms with van der Waals surface area (Å²) in [5, 5.41) is 6.02. The van der Waals surface area contributed by atoms with Gasteiger partial charge in [0.05, 0.1) is 5.02 Å². The highest BCUT2D eigenvalue weighted by Crippen LogP contribution is 2.36. The van der Waals surface area contributed by atoms with Gasteiger partial charge < -0.3 is 16.8 Å². The second-order valence-electron chi connectivity index (χ2n) is 6.77. The third kappa shape index (κ3) is 4.79. The molecule has 27 heavy (non-hydrogen) atoms. The monoisotopic (exact) mass is 387 g/mol. The zero-order valence-corrected chi connectivity index (χ0v) is 17.2. The summed E-state index contributed by atoms with van der Waals surface area (Å²) in [5.74, 6) is 0.462. The van der Waals surface area contributed by atoms with Crippen molar-refractivity contribution in [1.82, 2.24) is 10.3 Å². The Hall–Kier alpha value is -2.11. The highest BCUT2D eigenvalue weighted by atomic mass is 35.5. The Balaban J connectivity index is 0.00000126. The summed E-state index contributed by atoms with van der Waals surface area (Å²) < 4.78 is 0. The van der Waals surface area contributed by atoms with Gasteiger partial charge in [0.1, 0.15) is 0 Å². The van der Waals surface area contributed by atoms with Crippen molar-refractivity contribution < 1.29 is 0 Å². The van der Waals surface area contributed by atoms with Gasteiger partial charge in [0, 0.05) is 29.1 Å². The van der Waals surface area contributed by atoms with Gasteiger partial charge in [-0.25, -0.2) is 4.98 Å². The SMILES string of the molecule is C=C(C)C1(NCc2ccc3c(Cl)cnc(N=C(N)N)c3c2)CCCC1.CC. The molecule has 0 atom stereocenters. The van der Waals surface area contributed by atoms with E-state index >= 15 is 0 Å². The minimum absolute atomic E-state index is 0.0214. The summed E-state index contributed by atoms with van der Waals surface area (Å²) >= 11 is 6.26. The summed E-state index contributed by atoms with van der Waals surface area (Å²) in [6.45, 7) is 11.1. The van der Waals surface area contributed by atoms with Crippen LogP contribution < -0.4 is 16.8 Å². The lowest BCUT2D eigenvalue weighted by Gasteiger charge is -2.31. The number of aliphatic imine (C=N–C) groups is 1. The van der Waals surface area contributed by atoms with Crippen LogP contribution in [0.15, 0.2) is 41.5 Å². The Morgan fingerprint density at radius 2 is 1.93 bits per heavy atom. The first-order valence-electron chi connectivity index (χ1n) is 9.49. The largest absolute Gasteiger partial charge is 0.370 e. The standard InChI is InChI=1S/C19H24ClN5.C2H6/c1-12(2)19(7-3-4-8-19)24-10-13-5-6-14-15(9-13)17(25-18(21)22)23-11-16(14)20;1-2/h5-6,9,11,24H,1,3-4,7-8,10H2,2H3,(H4,21,22,23,25);1-2H3. The van der Waals surface area contributed by atoms with Crippen LogP contribution in [0.2, 0.25) is 5.02 Å². The van der Waals surface area contributed by atoms with E-state index in [9.17, 15) is 0 Å². The van der Waals surface area contributed by atoms with Gasteiger partial charge in [-0.15, -0.1) is 0 Å². The molecule has 0 bridgehead atoms. The molecule has 2 aromatic rings. The highest BCUT2D eigenvalue weighted by molar-refractivity contribution is 6.35. The molecule has 1 fully saturated rings. The summed E-state index contributed by atoms with van der Waals surface area (Å²) in [6.07, 6.45) is 6.33. The Labute approximate surface area is 166 Å². The van der Waals surface area contributed by atoms with Crippen LogP contribution in [0.25, 0.3) is 10.8 Å². The molecule has 1 aromatic carbocycles. The van der Waals surface area contributed by atoms with E-state index in [-0.39, 0.29) is 11.5 Å². The molecule has 0 radical (unpaired) electrons. The van der Waals surface area contributed by atoms with E-state index in [0.29, 0.717) is 10.8 Å². The maximum Gasteiger partial charge on any atom is 0.192 e. The maximum absolute atomic E-state index is 6.26. The molecule has 6 heteroatoms. The first-order chi connectivity index (χ1) is 12.9. The van der Waals surface area contributed by atoms with Crippen LogP contribution in [-0.4, -0.2) is 16.5 Å². The zero-order chi connectivity index (χ0) is 20.0. The van der Waals surface area contributed by atoms with Crippen molar-refractivity contribution in [1.29, 1.82) is 0 Å². The molecular formula is C21H30ClN5. The number of aromatic nitrogens is 1. The Kier molecular flexibility index (Phi) is 7.22. The van der Waals surface area contributed by atoms with Gasteiger partial charge >= 0.3 is 0 Å². The predicted octanol–water partition coefficient (Wildman–Crippen LogP) is 4.80. The number of nitrogens with one attached hydrogen (secondary N) is 1. The van der Waals surface area contributed by atoms with Gasteiger partial charge in [-0.2, -0.15) is 4.99 Å². The van der Waals surface area contributed by atoms with E-state index in [1.165, 1.54) is 18.4 Å². The number of halogens is 1. The molecule has 1 aliphatic carbocycles. The third-order valence-corrected chi connectivity index (χ3v) is 5.32. The summed E-state index contributed by atoms with van der Waals surface area (Å²) in [4.78, 5) is 8.37. The number of rotatable bonds is 5. The van der Waals surface area contributed by atoms with Gasteiger partial charge in [-0.1, -0.05) is 62.6 Å². The number of hydrogen-bond donors (Lipinski definition) is 3. The van der Waals surface area contributed by atoms with Crippen LogP contribution in [0.3, 0.4) is 0 Å². The van der Waals surface area contributed by atoms with Crippen molar-refractivity contribution in [2.45, 2.75) is 58.5 Å². The van der Waals surface area contributed by atoms with Crippen LogP contribution in [0.4, 0.5) is 5.82 Å². The number of pyridine rings is 1. The minimum Gasteiger partial charge on any atom is -0.370 e. The van der Waals surface area contributed by atoms with Gasteiger partial charge in [-0.3, -0.25) is 0 Å². The number of hydrogen-bond acceptors (Lipinski definition) is 3. The summed E-state index contributed by atoms with van der Waals surface area (Å²) in [5.41, 5.74) is 13.4. The van der Waals surface area contributed by atoms with E-state index < -0.39 is 0 Å². The Bertz CT molecular complexity index is 834. The average molecular weight is 388 g/mol. The molecule has 1 saturated carbocycles. The second-order valence-corrected chi connectivity index (χ2v) is 7.18. The Morgan fingerprint density at radius 1 is 1.26 bits per heavy atom. The van der Waals surface area contributed by atoms with Crippen molar-refractivity contribution in [3.05, 3.63) is 47.1 Å².